The van der Waals surface area contributed by atoms with E-state index >= 15 is 0 Å². The van der Waals surface area contributed by atoms with E-state index in [0.29, 0.717) is 29.4 Å². The summed E-state index contributed by atoms with van der Waals surface area (Å²) in [6, 6.07) is 13.0. The van der Waals surface area contributed by atoms with E-state index in [1.807, 2.05) is 6.07 Å². The maximum Gasteiger partial charge on any atom is 0.273 e. The number of rotatable bonds is 4. The molecule has 1 atom stereocenters. The molecule has 7 nitrogen and oxygen atoms in total. The van der Waals surface area contributed by atoms with Crippen molar-refractivity contribution in [2.45, 2.75) is 6.10 Å². The Hall–Kier alpha value is -3.27. The van der Waals surface area contributed by atoms with Crippen LogP contribution in [0.15, 0.2) is 42.5 Å². The summed E-state index contributed by atoms with van der Waals surface area (Å²) in [7, 11) is 0. The maximum atomic E-state index is 10.8. The maximum absolute atomic E-state index is 10.8. The number of nitrogens with zero attached hydrogens (tertiary/aromatic N) is 2. The molecule has 0 aliphatic carbocycles. The van der Waals surface area contributed by atoms with Crippen LogP contribution in [0.1, 0.15) is 5.56 Å². The molecule has 7 heteroatoms. The minimum Gasteiger partial charge on any atom is -0.490 e. The number of nitro groups is 1. The monoisotopic (exact) mass is 312 g/mol. The van der Waals surface area contributed by atoms with E-state index in [9.17, 15) is 10.1 Å². The number of non-ortho nitro benzene ring substituents is 1. The highest BCUT2D eigenvalue weighted by Gasteiger charge is 2.24. The Labute approximate surface area is 131 Å². The van der Waals surface area contributed by atoms with E-state index in [0.717, 1.165) is 0 Å². The molecule has 3 rings (SSSR count). The van der Waals surface area contributed by atoms with Gasteiger partial charge in [0.25, 0.3) is 5.69 Å². The molecule has 1 aliphatic heterocycles. The normalized spacial score (nSPS) is 15.5. The molecule has 0 bridgehead atoms. The molecule has 2 aromatic rings. The van der Waals surface area contributed by atoms with E-state index in [-0.39, 0.29) is 18.4 Å². The molecule has 0 N–H and O–H groups in total. The smallest absolute Gasteiger partial charge is 0.273 e. The molecule has 0 saturated heterocycles. The third kappa shape index (κ3) is 3.32. The van der Waals surface area contributed by atoms with Crippen molar-refractivity contribution in [3.05, 3.63) is 58.1 Å². The zero-order valence-corrected chi connectivity index (χ0v) is 12.0. The van der Waals surface area contributed by atoms with Gasteiger partial charge in [-0.1, -0.05) is 0 Å². The number of benzene rings is 2. The van der Waals surface area contributed by atoms with E-state index in [4.69, 9.17) is 19.5 Å². The van der Waals surface area contributed by atoms with Crippen LogP contribution in [-0.2, 0) is 0 Å². The number of fused-ring (bicyclic) bond motifs is 1. The average molecular weight is 312 g/mol. The molecule has 1 aliphatic rings. The van der Waals surface area contributed by atoms with Crippen molar-refractivity contribution in [2.75, 3.05) is 13.2 Å². The van der Waals surface area contributed by atoms with Crippen LogP contribution in [0.3, 0.4) is 0 Å². The minimum absolute atomic E-state index is 0.0546. The van der Waals surface area contributed by atoms with Crippen LogP contribution in [0.2, 0.25) is 0 Å². The largest absolute Gasteiger partial charge is 0.490 e. The molecule has 0 unspecified atom stereocenters. The van der Waals surface area contributed by atoms with Crippen molar-refractivity contribution in [2.24, 2.45) is 0 Å². The first-order valence-electron chi connectivity index (χ1n) is 6.86. The number of nitriles is 1. The lowest BCUT2D eigenvalue weighted by atomic mass is 10.2. The Bertz CT molecular complexity index is 767. The van der Waals surface area contributed by atoms with E-state index in [1.54, 1.807) is 24.3 Å². The van der Waals surface area contributed by atoms with Gasteiger partial charge in [-0.3, -0.25) is 10.1 Å². The fraction of sp³-hybridized carbons (Fsp3) is 0.188. The lowest BCUT2D eigenvalue weighted by molar-refractivity contribution is -0.385. The molecule has 1 heterocycles. The number of hydrogen-bond acceptors (Lipinski definition) is 6. The molecule has 0 amide bonds. The van der Waals surface area contributed by atoms with Crippen LogP contribution >= 0.6 is 0 Å². The van der Waals surface area contributed by atoms with Gasteiger partial charge in [-0.15, -0.1) is 0 Å². The Morgan fingerprint density at radius 2 is 2.04 bits per heavy atom. The number of nitro benzene ring substituents is 1. The first-order chi connectivity index (χ1) is 11.2. The van der Waals surface area contributed by atoms with Gasteiger partial charge in [0.1, 0.15) is 19.0 Å². The minimum atomic E-state index is -0.486. The van der Waals surface area contributed by atoms with Crippen molar-refractivity contribution in [3.63, 3.8) is 0 Å². The van der Waals surface area contributed by atoms with Gasteiger partial charge < -0.3 is 14.2 Å². The predicted octanol–water partition coefficient (Wildman–Crippen LogP) is 2.69. The molecule has 23 heavy (non-hydrogen) atoms. The van der Waals surface area contributed by atoms with Crippen LogP contribution in [0.5, 0.6) is 17.2 Å². The summed E-state index contributed by atoms with van der Waals surface area (Å²) in [6.45, 7) is 0.523. The molecular weight excluding hydrogens is 300 g/mol. The zero-order chi connectivity index (χ0) is 16.2. The highest BCUT2D eigenvalue weighted by molar-refractivity contribution is 5.49. The van der Waals surface area contributed by atoms with Crippen molar-refractivity contribution in [1.82, 2.24) is 0 Å². The number of ether oxygens (including phenoxy) is 3. The molecule has 0 aromatic heterocycles. The standard InChI is InChI=1S/C16H12N2O5/c17-8-11-1-4-13(5-2-11)21-9-14-10-22-15-6-3-12(18(19)20)7-16(15)23-14/h1-7,14H,9-10H2/t14-/m1/s1. The molecule has 0 spiro atoms. The van der Waals surface area contributed by atoms with Crippen LogP contribution in [-0.4, -0.2) is 24.2 Å². The Kier molecular flexibility index (Phi) is 3.97. The van der Waals surface area contributed by atoms with Crippen LogP contribution < -0.4 is 14.2 Å². The summed E-state index contributed by atoms with van der Waals surface area (Å²) in [6.07, 6.45) is -0.375. The molecule has 0 fully saturated rings. The van der Waals surface area contributed by atoms with E-state index in [1.165, 1.54) is 18.2 Å². The van der Waals surface area contributed by atoms with Crippen molar-refractivity contribution >= 4 is 5.69 Å². The fourth-order valence-electron chi connectivity index (χ4n) is 2.11. The Morgan fingerprint density at radius 3 is 2.74 bits per heavy atom. The van der Waals surface area contributed by atoms with Crippen molar-refractivity contribution in [1.29, 1.82) is 5.26 Å². The molecule has 2 aromatic carbocycles. The topological polar surface area (TPSA) is 94.6 Å². The van der Waals surface area contributed by atoms with Gasteiger partial charge in [0.15, 0.2) is 17.6 Å². The molecule has 116 valence electrons. The lowest BCUT2D eigenvalue weighted by Gasteiger charge is -2.26. The summed E-state index contributed by atoms with van der Waals surface area (Å²) in [5.74, 6) is 1.42. The third-order valence-corrected chi connectivity index (χ3v) is 3.28. The second-order valence-corrected chi connectivity index (χ2v) is 4.89. The highest BCUT2D eigenvalue weighted by Crippen LogP contribution is 2.35. The van der Waals surface area contributed by atoms with E-state index < -0.39 is 4.92 Å². The number of hydrogen-bond donors (Lipinski definition) is 0. The van der Waals surface area contributed by atoms with Crippen LogP contribution in [0, 0.1) is 21.4 Å². The molecular formula is C16H12N2O5. The Morgan fingerprint density at radius 1 is 1.26 bits per heavy atom. The van der Waals surface area contributed by atoms with Crippen LogP contribution in [0.25, 0.3) is 0 Å². The Balaban J connectivity index is 1.63. The van der Waals surface area contributed by atoms with Gasteiger partial charge in [0, 0.05) is 6.07 Å². The van der Waals surface area contributed by atoms with Crippen LogP contribution in [0.4, 0.5) is 5.69 Å². The summed E-state index contributed by atoms with van der Waals surface area (Å²) in [4.78, 5) is 10.3. The molecule has 0 radical (unpaired) electrons. The SMILES string of the molecule is N#Cc1ccc(OC[C@@H]2COc3ccc([N+](=O)[O-])cc3O2)cc1. The summed E-state index contributed by atoms with van der Waals surface area (Å²) >= 11 is 0. The second-order valence-electron chi connectivity index (χ2n) is 4.89. The third-order valence-electron chi connectivity index (χ3n) is 3.28. The average Bonchev–Trinajstić information content (AvgIpc) is 2.59. The first-order valence-corrected chi connectivity index (χ1v) is 6.86. The fourth-order valence-corrected chi connectivity index (χ4v) is 2.11. The van der Waals surface area contributed by atoms with Gasteiger partial charge in [-0.05, 0) is 30.3 Å². The van der Waals surface area contributed by atoms with Crippen molar-refractivity contribution < 1.29 is 19.1 Å². The summed E-state index contributed by atoms with van der Waals surface area (Å²) in [5.41, 5.74) is 0.497. The van der Waals surface area contributed by atoms with Gasteiger partial charge in [0.05, 0.1) is 22.6 Å². The van der Waals surface area contributed by atoms with Gasteiger partial charge in [-0.2, -0.15) is 5.26 Å². The summed E-state index contributed by atoms with van der Waals surface area (Å²) < 4.78 is 16.8. The van der Waals surface area contributed by atoms with Crippen molar-refractivity contribution in [3.8, 4) is 23.3 Å². The summed E-state index contributed by atoms with van der Waals surface area (Å²) in [5, 5.41) is 19.5. The van der Waals surface area contributed by atoms with E-state index in [2.05, 4.69) is 0 Å². The van der Waals surface area contributed by atoms with Gasteiger partial charge >= 0.3 is 0 Å². The van der Waals surface area contributed by atoms with Gasteiger partial charge in [0.2, 0.25) is 0 Å². The molecule has 0 saturated carbocycles. The van der Waals surface area contributed by atoms with Gasteiger partial charge in [-0.25, -0.2) is 0 Å². The quantitative estimate of drug-likeness (QED) is 0.636. The first kappa shape index (κ1) is 14.7. The predicted molar refractivity (Wildman–Crippen MR) is 79.7 cm³/mol. The lowest BCUT2D eigenvalue weighted by Crippen LogP contribution is -2.34. The highest BCUT2D eigenvalue weighted by atomic mass is 16.6. The zero-order valence-electron chi connectivity index (χ0n) is 12.0. The second kappa shape index (κ2) is 6.23.